The number of benzene rings is 2. The van der Waals surface area contributed by atoms with Gasteiger partial charge in [-0.3, -0.25) is 9.59 Å². The fourth-order valence-corrected chi connectivity index (χ4v) is 2.42. The standard InChI is InChI=1S/C20H21ClN2O5/c1-2-3-10-27-20(26)13-4-7-15(8-5-13)23-18(24)12-28-17-9-6-14(21)11-16(17)19(22)25/h4-9,11H,2-3,10,12H2,1H3,(H2,22,25)(H,23,24). The quantitative estimate of drug-likeness (QED) is 0.491. The predicted octanol–water partition coefficient (Wildman–Crippen LogP) is 3.41. The molecule has 0 aromatic heterocycles. The number of amides is 2. The van der Waals surface area contributed by atoms with Gasteiger partial charge in [-0.05, 0) is 48.9 Å². The number of esters is 1. The maximum Gasteiger partial charge on any atom is 0.338 e. The van der Waals surface area contributed by atoms with Crippen LogP contribution < -0.4 is 15.8 Å². The fourth-order valence-electron chi connectivity index (χ4n) is 2.24. The molecule has 0 spiro atoms. The number of carbonyl (C=O) groups excluding carboxylic acids is 3. The average Bonchev–Trinajstić information content (AvgIpc) is 2.67. The molecule has 2 rings (SSSR count). The van der Waals surface area contributed by atoms with Crippen LogP contribution in [-0.2, 0) is 9.53 Å². The van der Waals surface area contributed by atoms with E-state index in [2.05, 4.69) is 5.32 Å². The minimum absolute atomic E-state index is 0.0891. The Morgan fingerprint density at radius 1 is 1.11 bits per heavy atom. The van der Waals surface area contributed by atoms with Crippen molar-refractivity contribution in [1.29, 1.82) is 0 Å². The summed E-state index contributed by atoms with van der Waals surface area (Å²) in [6.07, 6.45) is 1.75. The van der Waals surface area contributed by atoms with Crippen molar-refractivity contribution in [3.63, 3.8) is 0 Å². The van der Waals surface area contributed by atoms with E-state index in [1.54, 1.807) is 24.3 Å². The molecule has 0 bridgehead atoms. The van der Waals surface area contributed by atoms with Gasteiger partial charge < -0.3 is 20.5 Å². The molecule has 2 aromatic rings. The Hall–Kier alpha value is -3.06. The summed E-state index contributed by atoms with van der Waals surface area (Å²) >= 11 is 5.83. The average molecular weight is 405 g/mol. The van der Waals surface area contributed by atoms with Crippen LogP contribution in [0.3, 0.4) is 0 Å². The minimum atomic E-state index is -0.709. The zero-order valence-electron chi connectivity index (χ0n) is 15.4. The highest BCUT2D eigenvalue weighted by atomic mass is 35.5. The molecule has 0 atom stereocenters. The first-order valence-electron chi connectivity index (χ1n) is 8.70. The summed E-state index contributed by atoms with van der Waals surface area (Å²) in [5.74, 6) is -1.39. The maximum atomic E-state index is 12.1. The molecule has 0 aliphatic heterocycles. The van der Waals surface area contributed by atoms with Crippen LogP contribution in [0.2, 0.25) is 5.02 Å². The number of anilines is 1. The number of primary amides is 1. The Morgan fingerprint density at radius 2 is 1.82 bits per heavy atom. The third-order valence-corrected chi connectivity index (χ3v) is 3.94. The number of unbranched alkanes of at least 4 members (excludes halogenated alkanes) is 1. The number of nitrogens with two attached hydrogens (primary N) is 1. The normalized spacial score (nSPS) is 10.2. The molecule has 2 amide bonds. The largest absolute Gasteiger partial charge is 0.483 e. The van der Waals surface area contributed by atoms with E-state index in [1.807, 2.05) is 6.92 Å². The summed E-state index contributed by atoms with van der Waals surface area (Å²) in [7, 11) is 0. The van der Waals surface area contributed by atoms with E-state index in [1.165, 1.54) is 18.2 Å². The van der Waals surface area contributed by atoms with Gasteiger partial charge in [0.1, 0.15) is 5.75 Å². The Balaban J connectivity index is 1.90. The van der Waals surface area contributed by atoms with Crippen molar-refractivity contribution in [2.75, 3.05) is 18.5 Å². The molecular weight excluding hydrogens is 384 g/mol. The van der Waals surface area contributed by atoms with Crippen LogP contribution in [0.5, 0.6) is 5.75 Å². The van der Waals surface area contributed by atoms with Crippen LogP contribution in [0, 0.1) is 0 Å². The van der Waals surface area contributed by atoms with Gasteiger partial charge in [-0.25, -0.2) is 4.79 Å². The van der Waals surface area contributed by atoms with E-state index in [0.717, 1.165) is 12.8 Å². The smallest absolute Gasteiger partial charge is 0.338 e. The molecule has 0 aliphatic carbocycles. The number of hydrogen-bond acceptors (Lipinski definition) is 5. The van der Waals surface area contributed by atoms with Gasteiger partial charge in [0, 0.05) is 10.7 Å². The third kappa shape index (κ3) is 6.28. The number of rotatable bonds is 9. The summed E-state index contributed by atoms with van der Waals surface area (Å²) in [4.78, 5) is 35.3. The van der Waals surface area contributed by atoms with Crippen molar-refractivity contribution in [2.45, 2.75) is 19.8 Å². The molecule has 28 heavy (non-hydrogen) atoms. The van der Waals surface area contributed by atoms with E-state index in [4.69, 9.17) is 26.8 Å². The summed E-state index contributed by atoms with van der Waals surface area (Å²) < 4.78 is 10.5. The molecule has 7 nitrogen and oxygen atoms in total. The lowest BCUT2D eigenvalue weighted by atomic mass is 10.2. The lowest BCUT2D eigenvalue weighted by Crippen LogP contribution is -2.21. The first-order valence-corrected chi connectivity index (χ1v) is 9.07. The first-order chi connectivity index (χ1) is 13.4. The zero-order valence-corrected chi connectivity index (χ0v) is 16.1. The second kappa shape index (κ2) is 10.3. The molecule has 2 aromatic carbocycles. The van der Waals surface area contributed by atoms with Crippen LogP contribution >= 0.6 is 11.6 Å². The Labute approximate surface area is 167 Å². The highest BCUT2D eigenvalue weighted by Gasteiger charge is 2.12. The van der Waals surface area contributed by atoms with Gasteiger partial charge in [-0.1, -0.05) is 24.9 Å². The van der Waals surface area contributed by atoms with Crippen LogP contribution in [0.4, 0.5) is 5.69 Å². The SMILES string of the molecule is CCCCOC(=O)c1ccc(NC(=O)COc2ccc(Cl)cc2C(N)=O)cc1. The number of nitrogens with one attached hydrogen (secondary N) is 1. The van der Waals surface area contributed by atoms with Gasteiger partial charge in [0.2, 0.25) is 0 Å². The molecule has 148 valence electrons. The van der Waals surface area contributed by atoms with Crippen molar-refractivity contribution in [3.8, 4) is 5.75 Å². The Morgan fingerprint density at radius 3 is 2.46 bits per heavy atom. The van der Waals surface area contributed by atoms with Crippen LogP contribution in [-0.4, -0.2) is 31.0 Å². The maximum absolute atomic E-state index is 12.1. The van der Waals surface area contributed by atoms with Crippen molar-refractivity contribution >= 4 is 35.1 Å². The van der Waals surface area contributed by atoms with Gasteiger partial charge >= 0.3 is 5.97 Å². The van der Waals surface area contributed by atoms with Crippen LogP contribution in [0.15, 0.2) is 42.5 Å². The summed E-state index contributed by atoms with van der Waals surface area (Å²) in [5.41, 5.74) is 6.25. The molecule has 0 fully saturated rings. The molecule has 0 heterocycles. The van der Waals surface area contributed by atoms with E-state index in [-0.39, 0.29) is 17.9 Å². The van der Waals surface area contributed by atoms with Crippen molar-refractivity contribution < 1.29 is 23.9 Å². The van der Waals surface area contributed by atoms with Crippen molar-refractivity contribution in [1.82, 2.24) is 0 Å². The zero-order chi connectivity index (χ0) is 20.5. The predicted molar refractivity (Wildman–Crippen MR) is 106 cm³/mol. The van der Waals surface area contributed by atoms with E-state index >= 15 is 0 Å². The highest BCUT2D eigenvalue weighted by molar-refractivity contribution is 6.31. The molecule has 0 saturated carbocycles. The van der Waals surface area contributed by atoms with Gasteiger partial charge in [-0.15, -0.1) is 0 Å². The topological polar surface area (TPSA) is 108 Å². The molecule has 0 unspecified atom stereocenters. The van der Waals surface area contributed by atoms with Crippen LogP contribution in [0.1, 0.15) is 40.5 Å². The lowest BCUT2D eigenvalue weighted by molar-refractivity contribution is -0.118. The minimum Gasteiger partial charge on any atom is -0.483 e. The number of halogens is 1. The van der Waals surface area contributed by atoms with E-state index < -0.39 is 17.8 Å². The third-order valence-electron chi connectivity index (χ3n) is 3.70. The highest BCUT2D eigenvalue weighted by Crippen LogP contribution is 2.22. The number of hydrogen-bond donors (Lipinski definition) is 2. The van der Waals surface area contributed by atoms with E-state index in [0.29, 0.717) is 22.9 Å². The van der Waals surface area contributed by atoms with Gasteiger partial charge in [0.25, 0.3) is 11.8 Å². The summed E-state index contributed by atoms with van der Waals surface area (Å²) in [6, 6.07) is 10.7. The first kappa shape index (κ1) is 21.2. The van der Waals surface area contributed by atoms with Gasteiger partial charge in [0.15, 0.2) is 6.61 Å². The summed E-state index contributed by atoms with van der Waals surface area (Å²) in [6.45, 7) is 2.06. The fraction of sp³-hybridized carbons (Fsp3) is 0.250. The monoisotopic (exact) mass is 404 g/mol. The lowest BCUT2D eigenvalue weighted by Gasteiger charge is -2.10. The second-order valence-electron chi connectivity index (χ2n) is 5.91. The number of carbonyl (C=O) groups is 3. The number of ether oxygens (including phenoxy) is 2. The molecule has 8 heteroatoms. The van der Waals surface area contributed by atoms with Crippen molar-refractivity contribution in [2.24, 2.45) is 5.73 Å². The van der Waals surface area contributed by atoms with Gasteiger partial charge in [0.05, 0.1) is 17.7 Å². The molecule has 0 saturated heterocycles. The molecule has 0 aliphatic rings. The molecular formula is C20H21ClN2O5. The molecule has 3 N–H and O–H groups in total. The molecule has 0 radical (unpaired) electrons. The summed E-state index contributed by atoms with van der Waals surface area (Å²) in [5, 5.41) is 2.96. The van der Waals surface area contributed by atoms with Crippen molar-refractivity contribution in [3.05, 3.63) is 58.6 Å². The second-order valence-corrected chi connectivity index (χ2v) is 6.34. The van der Waals surface area contributed by atoms with Gasteiger partial charge in [-0.2, -0.15) is 0 Å². The van der Waals surface area contributed by atoms with Crippen LogP contribution in [0.25, 0.3) is 0 Å². The Bertz CT molecular complexity index is 852. The van der Waals surface area contributed by atoms with E-state index in [9.17, 15) is 14.4 Å². The Kier molecular flexibility index (Phi) is 7.83.